The third-order valence-corrected chi connectivity index (χ3v) is 4.53. The van der Waals surface area contributed by atoms with E-state index in [-0.39, 0.29) is 23.7 Å². The Morgan fingerprint density at radius 3 is 2.86 bits per heavy atom. The lowest BCUT2D eigenvalue weighted by Crippen LogP contribution is -2.55. The molecule has 1 aliphatic heterocycles. The summed E-state index contributed by atoms with van der Waals surface area (Å²) >= 11 is 1.60. The summed E-state index contributed by atoms with van der Waals surface area (Å²) in [5.74, 6) is 0.491. The summed E-state index contributed by atoms with van der Waals surface area (Å²) in [5, 5.41) is 2.74. The largest absolute Gasteiger partial charge is 0.353 e. The maximum absolute atomic E-state index is 12.8. The molecule has 1 aliphatic rings. The quantitative estimate of drug-likeness (QED) is 0.669. The van der Waals surface area contributed by atoms with E-state index in [1.807, 2.05) is 0 Å². The minimum Gasteiger partial charge on any atom is -0.353 e. The molecule has 2 amide bonds. The van der Waals surface area contributed by atoms with Crippen molar-refractivity contribution in [2.45, 2.75) is 30.7 Å². The summed E-state index contributed by atoms with van der Waals surface area (Å²) in [4.78, 5) is 26.2. The number of benzene rings is 1. The molecule has 1 saturated heterocycles. The van der Waals surface area contributed by atoms with Crippen LogP contribution < -0.4 is 5.32 Å². The monoisotopic (exact) mass is 310 g/mol. The van der Waals surface area contributed by atoms with Crippen LogP contribution in [0.5, 0.6) is 0 Å². The van der Waals surface area contributed by atoms with Gasteiger partial charge in [0.25, 0.3) is 0 Å². The second-order valence-electron chi connectivity index (χ2n) is 4.96. The molecule has 0 bridgehead atoms. The van der Waals surface area contributed by atoms with Crippen LogP contribution in [-0.2, 0) is 9.59 Å². The van der Waals surface area contributed by atoms with Gasteiger partial charge in [-0.15, -0.1) is 11.8 Å². The minimum absolute atomic E-state index is 0.0251. The fourth-order valence-corrected chi connectivity index (χ4v) is 3.06. The molecule has 1 aromatic carbocycles. The van der Waals surface area contributed by atoms with Crippen molar-refractivity contribution in [2.24, 2.45) is 0 Å². The van der Waals surface area contributed by atoms with Crippen LogP contribution in [0.3, 0.4) is 0 Å². The van der Waals surface area contributed by atoms with Gasteiger partial charge in [-0.05, 0) is 43.4 Å². The molecule has 1 unspecified atom stereocenters. The van der Waals surface area contributed by atoms with Gasteiger partial charge in [-0.1, -0.05) is 0 Å². The summed E-state index contributed by atoms with van der Waals surface area (Å²) in [5.41, 5.74) is 0. The van der Waals surface area contributed by atoms with E-state index >= 15 is 0 Å². The third kappa shape index (κ3) is 4.46. The van der Waals surface area contributed by atoms with Crippen LogP contribution in [-0.4, -0.2) is 41.6 Å². The van der Waals surface area contributed by atoms with Crippen LogP contribution in [0, 0.1) is 5.82 Å². The van der Waals surface area contributed by atoms with Crippen molar-refractivity contribution in [3.05, 3.63) is 30.1 Å². The van der Waals surface area contributed by atoms with Crippen molar-refractivity contribution in [3.8, 4) is 0 Å². The highest BCUT2D eigenvalue weighted by Gasteiger charge is 2.28. The van der Waals surface area contributed by atoms with Gasteiger partial charge in [0.2, 0.25) is 11.8 Å². The van der Waals surface area contributed by atoms with Crippen LogP contribution in [0.25, 0.3) is 0 Å². The van der Waals surface area contributed by atoms with E-state index in [2.05, 4.69) is 5.32 Å². The van der Waals surface area contributed by atoms with Crippen LogP contribution >= 0.6 is 11.8 Å². The Morgan fingerprint density at radius 1 is 1.43 bits per heavy atom. The van der Waals surface area contributed by atoms with Crippen molar-refractivity contribution in [2.75, 3.05) is 18.8 Å². The highest BCUT2D eigenvalue weighted by molar-refractivity contribution is 7.99. The second-order valence-corrected chi connectivity index (χ2v) is 6.13. The molecule has 4 nitrogen and oxygen atoms in total. The van der Waals surface area contributed by atoms with Crippen LogP contribution in [0.4, 0.5) is 4.39 Å². The average molecular weight is 310 g/mol. The molecule has 0 saturated carbocycles. The number of piperazine rings is 1. The molecule has 0 aromatic heterocycles. The number of carbonyl (C=O) groups is 2. The van der Waals surface area contributed by atoms with Crippen molar-refractivity contribution in [1.82, 2.24) is 10.2 Å². The Balaban J connectivity index is 1.71. The zero-order valence-corrected chi connectivity index (χ0v) is 12.8. The Bertz CT molecular complexity index is 507. The maximum atomic E-state index is 12.8. The third-order valence-electron chi connectivity index (χ3n) is 3.44. The first-order chi connectivity index (χ1) is 10.1. The molecular formula is C15H19FN2O2S. The second kappa shape index (κ2) is 7.45. The molecule has 0 aliphatic carbocycles. The minimum atomic E-state index is -0.379. The lowest BCUT2D eigenvalue weighted by molar-refractivity contribution is -0.142. The molecule has 1 fully saturated rings. The number of thioether (sulfide) groups is 1. The van der Waals surface area contributed by atoms with Gasteiger partial charge in [0.05, 0.1) is 0 Å². The zero-order chi connectivity index (χ0) is 15.2. The molecule has 1 aromatic rings. The first kappa shape index (κ1) is 15.8. The Labute approximate surface area is 128 Å². The molecule has 2 rings (SSSR count). The predicted molar refractivity (Wildman–Crippen MR) is 80.5 cm³/mol. The first-order valence-corrected chi connectivity index (χ1v) is 8.02. The molecule has 1 atom stereocenters. The van der Waals surface area contributed by atoms with Gasteiger partial charge in [0, 0.05) is 24.4 Å². The Morgan fingerprint density at radius 2 is 2.14 bits per heavy atom. The van der Waals surface area contributed by atoms with Crippen molar-refractivity contribution >= 4 is 23.6 Å². The zero-order valence-electron chi connectivity index (χ0n) is 12.0. The smallest absolute Gasteiger partial charge is 0.242 e. The van der Waals surface area contributed by atoms with E-state index in [0.29, 0.717) is 19.5 Å². The number of carbonyl (C=O) groups excluding carboxylic acids is 2. The summed E-state index contributed by atoms with van der Waals surface area (Å²) in [6.45, 7) is 2.86. The van der Waals surface area contributed by atoms with E-state index in [1.54, 1.807) is 35.7 Å². The number of rotatable bonds is 5. The van der Waals surface area contributed by atoms with Crippen LogP contribution in [0.2, 0.25) is 0 Å². The summed E-state index contributed by atoms with van der Waals surface area (Å²) in [6.07, 6.45) is 1.18. The van der Waals surface area contributed by atoms with Gasteiger partial charge >= 0.3 is 0 Å². The van der Waals surface area contributed by atoms with Gasteiger partial charge in [-0.25, -0.2) is 4.39 Å². The average Bonchev–Trinajstić information content (AvgIpc) is 2.48. The van der Waals surface area contributed by atoms with Gasteiger partial charge in [-0.2, -0.15) is 0 Å². The van der Waals surface area contributed by atoms with Crippen molar-refractivity contribution in [1.29, 1.82) is 0 Å². The Kier molecular flexibility index (Phi) is 5.61. The lowest BCUT2D eigenvalue weighted by Gasteiger charge is -2.32. The molecular weight excluding hydrogens is 291 g/mol. The number of nitrogens with one attached hydrogen (secondary N) is 1. The van der Waals surface area contributed by atoms with Crippen molar-refractivity contribution < 1.29 is 14.0 Å². The molecule has 0 radical (unpaired) electrons. The van der Waals surface area contributed by atoms with Crippen LogP contribution in [0.15, 0.2) is 29.2 Å². The van der Waals surface area contributed by atoms with Gasteiger partial charge in [-0.3, -0.25) is 9.59 Å². The summed E-state index contributed by atoms with van der Waals surface area (Å²) in [7, 11) is 0. The Hall–Kier alpha value is -1.56. The van der Waals surface area contributed by atoms with E-state index in [0.717, 1.165) is 17.1 Å². The molecule has 114 valence electrons. The summed E-state index contributed by atoms with van der Waals surface area (Å²) < 4.78 is 12.8. The number of nitrogens with zero attached hydrogens (tertiary/aromatic N) is 1. The maximum Gasteiger partial charge on any atom is 0.242 e. The molecule has 6 heteroatoms. The number of hydrogen-bond acceptors (Lipinski definition) is 3. The van der Waals surface area contributed by atoms with E-state index in [4.69, 9.17) is 0 Å². The molecule has 1 heterocycles. The summed E-state index contributed by atoms with van der Waals surface area (Å²) in [6, 6.07) is 5.96. The highest BCUT2D eigenvalue weighted by Crippen LogP contribution is 2.20. The first-order valence-electron chi connectivity index (χ1n) is 7.03. The van der Waals surface area contributed by atoms with E-state index in [9.17, 15) is 14.0 Å². The topological polar surface area (TPSA) is 49.4 Å². The molecule has 0 spiro atoms. The van der Waals surface area contributed by atoms with E-state index in [1.165, 1.54) is 12.1 Å². The number of hydrogen-bond donors (Lipinski definition) is 1. The highest BCUT2D eigenvalue weighted by atomic mass is 32.2. The van der Waals surface area contributed by atoms with Crippen molar-refractivity contribution in [3.63, 3.8) is 0 Å². The SMILES string of the molecule is CC1C(=O)NCCN1C(=O)CCCSc1ccc(F)cc1. The van der Waals surface area contributed by atoms with Gasteiger partial charge in [0.15, 0.2) is 0 Å². The number of halogens is 1. The molecule has 21 heavy (non-hydrogen) atoms. The molecule has 1 N–H and O–H groups in total. The van der Waals surface area contributed by atoms with Crippen LogP contribution in [0.1, 0.15) is 19.8 Å². The fourth-order valence-electron chi connectivity index (χ4n) is 2.21. The van der Waals surface area contributed by atoms with E-state index < -0.39 is 0 Å². The predicted octanol–water partition coefficient (Wildman–Crippen LogP) is 2.04. The number of amides is 2. The van der Waals surface area contributed by atoms with Gasteiger partial charge in [0.1, 0.15) is 11.9 Å². The van der Waals surface area contributed by atoms with Gasteiger partial charge < -0.3 is 10.2 Å². The fraction of sp³-hybridized carbons (Fsp3) is 0.467. The standard InChI is InChI=1S/C15H19FN2O2S/c1-11-15(20)17-8-9-18(11)14(19)3-2-10-21-13-6-4-12(16)5-7-13/h4-7,11H,2-3,8-10H2,1H3,(H,17,20). The normalized spacial score (nSPS) is 18.5. The lowest BCUT2D eigenvalue weighted by atomic mass is 10.2.